The summed E-state index contributed by atoms with van der Waals surface area (Å²) in [7, 11) is 0. The fourth-order valence-corrected chi connectivity index (χ4v) is 2.65. The first-order valence-corrected chi connectivity index (χ1v) is 6.45. The van der Waals surface area contributed by atoms with Crippen molar-refractivity contribution in [2.75, 3.05) is 5.73 Å². The third kappa shape index (κ3) is 2.91. The summed E-state index contributed by atoms with van der Waals surface area (Å²) in [6.07, 6.45) is -4.10. The minimum absolute atomic E-state index is 0.0196. The predicted octanol–water partition coefficient (Wildman–Crippen LogP) is 3.52. The molecule has 2 N–H and O–H groups in total. The Balaban J connectivity index is 2.38. The van der Waals surface area contributed by atoms with Crippen LogP contribution in [0.1, 0.15) is 27.3 Å². The summed E-state index contributed by atoms with van der Waals surface area (Å²) >= 11 is 1.27. The number of anilines is 1. The van der Waals surface area contributed by atoms with Gasteiger partial charge in [-0.05, 0) is 24.6 Å². The molecule has 0 atom stereocenters. The van der Waals surface area contributed by atoms with Gasteiger partial charge in [-0.1, -0.05) is 6.07 Å². The molecular formula is C13H10F3N3S. The summed E-state index contributed by atoms with van der Waals surface area (Å²) in [6.45, 7) is 1.78. The topological polar surface area (TPSA) is 62.7 Å². The number of alkyl halides is 3. The Bertz CT molecular complexity index is 683. The maximum Gasteiger partial charge on any atom is 0.416 e. The van der Waals surface area contributed by atoms with Crippen LogP contribution in [0.5, 0.6) is 0 Å². The Labute approximate surface area is 117 Å². The van der Waals surface area contributed by atoms with Crippen LogP contribution >= 0.6 is 11.3 Å². The second kappa shape index (κ2) is 5.13. The lowest BCUT2D eigenvalue weighted by atomic mass is 10.0. The molecule has 0 saturated carbocycles. The second-order valence-electron chi connectivity index (χ2n) is 4.22. The molecule has 0 amide bonds. The molecule has 0 fully saturated rings. The third-order valence-corrected chi connectivity index (χ3v) is 3.80. The summed E-state index contributed by atoms with van der Waals surface area (Å²) in [5, 5.41) is 9.41. The van der Waals surface area contributed by atoms with Crippen molar-refractivity contribution >= 4 is 16.5 Å². The van der Waals surface area contributed by atoms with E-state index in [9.17, 15) is 13.2 Å². The van der Waals surface area contributed by atoms with E-state index < -0.39 is 11.7 Å². The van der Waals surface area contributed by atoms with E-state index in [1.54, 1.807) is 6.92 Å². The van der Waals surface area contributed by atoms with Crippen molar-refractivity contribution in [3.63, 3.8) is 0 Å². The second-order valence-corrected chi connectivity index (χ2v) is 5.33. The molecule has 0 aliphatic carbocycles. The van der Waals surface area contributed by atoms with E-state index in [0.717, 1.165) is 22.7 Å². The van der Waals surface area contributed by atoms with Crippen molar-refractivity contribution in [1.29, 1.82) is 5.26 Å². The monoisotopic (exact) mass is 297 g/mol. The number of hydrogen-bond donors (Lipinski definition) is 1. The lowest BCUT2D eigenvalue weighted by molar-refractivity contribution is -0.137. The van der Waals surface area contributed by atoms with Crippen LogP contribution in [0.3, 0.4) is 0 Å². The van der Waals surface area contributed by atoms with E-state index in [1.165, 1.54) is 17.4 Å². The number of thiazole rings is 1. The molecular weight excluding hydrogens is 287 g/mol. The SMILES string of the molecule is Cc1nc(N)sc1Cc1ccc(C(F)(F)F)cc1C#N. The van der Waals surface area contributed by atoms with Crippen LogP contribution in [0.25, 0.3) is 0 Å². The first kappa shape index (κ1) is 14.3. The first-order chi connectivity index (χ1) is 9.31. The molecule has 3 nitrogen and oxygen atoms in total. The van der Waals surface area contributed by atoms with Crippen molar-refractivity contribution in [3.05, 3.63) is 45.5 Å². The van der Waals surface area contributed by atoms with Gasteiger partial charge >= 0.3 is 6.18 Å². The van der Waals surface area contributed by atoms with Gasteiger partial charge in [0.2, 0.25) is 0 Å². The van der Waals surface area contributed by atoms with Crippen molar-refractivity contribution < 1.29 is 13.2 Å². The Morgan fingerprint density at radius 3 is 2.60 bits per heavy atom. The molecule has 0 saturated heterocycles. The minimum Gasteiger partial charge on any atom is -0.375 e. The summed E-state index contributed by atoms with van der Waals surface area (Å²) in [4.78, 5) is 4.90. The van der Waals surface area contributed by atoms with Crippen LogP contribution in [0.15, 0.2) is 18.2 Å². The minimum atomic E-state index is -4.45. The molecule has 7 heteroatoms. The molecule has 1 aromatic heterocycles. The molecule has 1 heterocycles. The quantitative estimate of drug-likeness (QED) is 0.922. The van der Waals surface area contributed by atoms with Crippen LogP contribution in [-0.4, -0.2) is 4.98 Å². The Morgan fingerprint density at radius 1 is 1.40 bits per heavy atom. The van der Waals surface area contributed by atoms with Crippen molar-refractivity contribution in [2.45, 2.75) is 19.5 Å². The fourth-order valence-electron chi connectivity index (χ4n) is 1.80. The van der Waals surface area contributed by atoms with Crippen LogP contribution in [0.2, 0.25) is 0 Å². The molecule has 2 rings (SSSR count). The van der Waals surface area contributed by atoms with Gasteiger partial charge in [0.1, 0.15) is 0 Å². The summed E-state index contributed by atoms with van der Waals surface area (Å²) in [5.74, 6) is 0. The van der Waals surface area contributed by atoms with E-state index >= 15 is 0 Å². The molecule has 0 bridgehead atoms. The summed E-state index contributed by atoms with van der Waals surface area (Å²) < 4.78 is 37.8. The van der Waals surface area contributed by atoms with E-state index in [-0.39, 0.29) is 5.56 Å². The summed E-state index contributed by atoms with van der Waals surface area (Å²) in [6, 6.07) is 4.99. The average Bonchev–Trinajstić information content (AvgIpc) is 2.67. The molecule has 0 spiro atoms. The zero-order chi connectivity index (χ0) is 14.9. The van der Waals surface area contributed by atoms with E-state index in [4.69, 9.17) is 11.0 Å². The van der Waals surface area contributed by atoms with Crippen LogP contribution < -0.4 is 5.73 Å². The number of nitrogens with two attached hydrogens (primary N) is 1. The lowest BCUT2D eigenvalue weighted by Crippen LogP contribution is -2.06. The van der Waals surface area contributed by atoms with Crippen LogP contribution in [-0.2, 0) is 12.6 Å². The molecule has 1 aromatic carbocycles. The average molecular weight is 297 g/mol. The van der Waals surface area contributed by atoms with E-state index in [2.05, 4.69) is 4.98 Å². The van der Waals surface area contributed by atoms with Gasteiger partial charge < -0.3 is 5.73 Å². The van der Waals surface area contributed by atoms with E-state index in [1.807, 2.05) is 6.07 Å². The number of benzene rings is 1. The van der Waals surface area contributed by atoms with Crippen LogP contribution in [0.4, 0.5) is 18.3 Å². The number of nitrogen functional groups attached to an aromatic ring is 1. The van der Waals surface area contributed by atoms with Crippen molar-refractivity contribution in [3.8, 4) is 6.07 Å². The molecule has 0 aliphatic rings. The van der Waals surface area contributed by atoms with Crippen molar-refractivity contribution in [1.82, 2.24) is 4.98 Å². The van der Waals surface area contributed by atoms with Gasteiger partial charge in [-0.2, -0.15) is 18.4 Å². The zero-order valence-electron chi connectivity index (χ0n) is 10.5. The molecule has 2 aromatic rings. The Kier molecular flexibility index (Phi) is 3.68. The van der Waals surface area contributed by atoms with Gasteiger partial charge in [0.05, 0.1) is 22.9 Å². The highest BCUT2D eigenvalue weighted by molar-refractivity contribution is 7.15. The molecule has 20 heavy (non-hydrogen) atoms. The predicted molar refractivity (Wildman–Crippen MR) is 70.2 cm³/mol. The number of hydrogen-bond acceptors (Lipinski definition) is 4. The molecule has 0 unspecified atom stereocenters. The number of halogens is 3. The third-order valence-electron chi connectivity index (χ3n) is 2.82. The maximum absolute atomic E-state index is 12.6. The number of aryl methyl sites for hydroxylation is 1. The largest absolute Gasteiger partial charge is 0.416 e. The zero-order valence-corrected chi connectivity index (χ0v) is 11.3. The number of nitrogens with zero attached hydrogens (tertiary/aromatic N) is 2. The van der Waals surface area contributed by atoms with Gasteiger partial charge in [0.15, 0.2) is 5.13 Å². The first-order valence-electron chi connectivity index (χ1n) is 5.63. The van der Waals surface area contributed by atoms with E-state index in [0.29, 0.717) is 17.1 Å². The van der Waals surface area contributed by atoms with Gasteiger partial charge in [0, 0.05) is 11.3 Å². The molecule has 0 radical (unpaired) electrons. The highest BCUT2D eigenvalue weighted by atomic mass is 32.1. The van der Waals surface area contributed by atoms with Gasteiger partial charge in [-0.25, -0.2) is 4.98 Å². The Morgan fingerprint density at radius 2 is 2.10 bits per heavy atom. The fraction of sp³-hybridized carbons (Fsp3) is 0.231. The van der Waals surface area contributed by atoms with Crippen LogP contribution in [0, 0.1) is 18.3 Å². The van der Waals surface area contributed by atoms with Gasteiger partial charge in [-0.15, -0.1) is 11.3 Å². The van der Waals surface area contributed by atoms with Gasteiger partial charge in [-0.3, -0.25) is 0 Å². The lowest BCUT2D eigenvalue weighted by Gasteiger charge is -2.09. The highest BCUT2D eigenvalue weighted by Crippen LogP contribution is 2.31. The Hall–Kier alpha value is -2.07. The van der Waals surface area contributed by atoms with Gasteiger partial charge in [0.25, 0.3) is 0 Å². The molecule has 0 aliphatic heterocycles. The standard InChI is InChI=1S/C13H10F3N3S/c1-7-11(20-12(18)19-7)5-8-2-3-10(13(14,15)16)4-9(8)6-17/h2-4H,5H2,1H3,(H2,18,19). The summed E-state index contributed by atoms with van der Waals surface area (Å²) in [5.41, 5.74) is 6.04. The number of rotatable bonds is 2. The normalized spacial score (nSPS) is 11.3. The number of aromatic nitrogens is 1. The highest BCUT2D eigenvalue weighted by Gasteiger charge is 2.31. The molecule has 104 valence electrons. The smallest absolute Gasteiger partial charge is 0.375 e. The number of nitriles is 1. The maximum atomic E-state index is 12.6. The van der Waals surface area contributed by atoms with Crippen molar-refractivity contribution in [2.24, 2.45) is 0 Å².